The Morgan fingerprint density at radius 2 is 1.67 bits per heavy atom. The molecule has 1 aromatic rings. The fraction of sp³-hybridized carbons (Fsp3) is 0.659. The van der Waals surface area contributed by atoms with Crippen LogP contribution in [0, 0.1) is 17.3 Å². The zero-order chi connectivity index (χ0) is 37.4. The fourth-order valence-electron chi connectivity index (χ4n) is 10.5. The number of aliphatic hydroxyl groups is 1. The van der Waals surface area contributed by atoms with Gasteiger partial charge in [-0.15, -0.1) is 6.58 Å². The molecule has 8 atom stereocenters. The number of esters is 1. The Morgan fingerprint density at radius 3 is 2.25 bits per heavy atom. The highest BCUT2D eigenvalue weighted by molar-refractivity contribution is 6.73. The molecule has 0 unspecified atom stereocenters. The van der Waals surface area contributed by atoms with Crippen molar-refractivity contribution in [1.29, 1.82) is 0 Å². The van der Waals surface area contributed by atoms with Crippen molar-refractivity contribution in [2.24, 2.45) is 17.3 Å². The number of ketones is 1. The highest BCUT2D eigenvalue weighted by Crippen LogP contribution is 2.68. The third kappa shape index (κ3) is 5.86. The number of ether oxygens (including phenoxy) is 3. The molecule has 1 N–H and O–H groups in total. The molecule has 3 saturated heterocycles. The minimum absolute atomic E-state index is 0.0184. The van der Waals surface area contributed by atoms with E-state index < -0.39 is 62.8 Å². The summed E-state index contributed by atoms with van der Waals surface area (Å²) < 4.78 is 36.0. The van der Waals surface area contributed by atoms with Crippen molar-refractivity contribution in [2.75, 3.05) is 0 Å². The molecule has 280 valence electrons. The maximum Gasteiger partial charge on any atom is 0.338 e. The van der Waals surface area contributed by atoms with E-state index in [4.69, 9.17) is 23.1 Å². The van der Waals surface area contributed by atoms with Crippen LogP contribution in [0.1, 0.15) is 79.7 Å². The van der Waals surface area contributed by atoms with Gasteiger partial charge in [-0.1, -0.05) is 70.2 Å². The van der Waals surface area contributed by atoms with Gasteiger partial charge in [-0.2, -0.15) is 0 Å². The molecule has 8 nitrogen and oxygen atoms in total. The van der Waals surface area contributed by atoms with Crippen LogP contribution in [0.3, 0.4) is 0 Å². The predicted octanol–water partition coefficient (Wildman–Crippen LogP) is 8.18. The molecule has 2 aliphatic carbocycles. The number of fused-ring (bicyclic) bond motifs is 4. The Labute approximate surface area is 307 Å². The minimum Gasteiger partial charge on any atom is -0.457 e. The van der Waals surface area contributed by atoms with Gasteiger partial charge in [-0.3, -0.25) is 4.79 Å². The quantitative estimate of drug-likeness (QED) is 0.130. The second kappa shape index (κ2) is 13.0. The molecule has 0 aromatic heterocycles. The van der Waals surface area contributed by atoms with E-state index in [1.807, 2.05) is 58.0 Å². The summed E-state index contributed by atoms with van der Waals surface area (Å²) in [5.41, 5.74) is -0.991. The monoisotopic (exact) mass is 736 g/mol. The minimum atomic E-state index is -2.50. The number of rotatable bonds is 12. The van der Waals surface area contributed by atoms with Crippen molar-refractivity contribution in [3.05, 3.63) is 71.3 Å². The summed E-state index contributed by atoms with van der Waals surface area (Å²) in [6.07, 6.45) is 3.61. The van der Waals surface area contributed by atoms with Gasteiger partial charge in [0.2, 0.25) is 0 Å². The number of carbonyl (C=O) groups excluding carboxylic acids is 2. The zero-order valence-electron chi connectivity index (χ0n) is 32.5. The van der Waals surface area contributed by atoms with Crippen molar-refractivity contribution in [2.45, 2.75) is 153 Å². The van der Waals surface area contributed by atoms with E-state index in [2.05, 4.69) is 53.1 Å². The first-order chi connectivity index (χ1) is 23.8. The van der Waals surface area contributed by atoms with Gasteiger partial charge >= 0.3 is 5.97 Å². The van der Waals surface area contributed by atoms with Crippen LogP contribution in [0.15, 0.2) is 65.8 Å². The molecule has 3 heterocycles. The van der Waals surface area contributed by atoms with Gasteiger partial charge in [0, 0.05) is 17.8 Å². The van der Waals surface area contributed by atoms with E-state index in [-0.39, 0.29) is 30.7 Å². The molecule has 1 aromatic carbocycles. The van der Waals surface area contributed by atoms with Crippen LogP contribution in [0.5, 0.6) is 0 Å². The third-order valence-corrected chi connectivity index (χ3v) is 18.6. The fourth-order valence-corrected chi connectivity index (χ4v) is 14.7. The Balaban J connectivity index is 1.63. The Kier molecular flexibility index (Phi) is 9.82. The number of aliphatic hydroxyl groups excluding tert-OH is 1. The number of allylic oxidation sites excluding steroid dienone is 2. The summed E-state index contributed by atoms with van der Waals surface area (Å²) in [5.74, 6) is -2.75. The number of Topliss-reactive ketones (excluding diaryl/α,β-unsaturated/α-hetero) is 1. The smallest absolute Gasteiger partial charge is 0.338 e. The number of cyclic esters (lactones) is 1. The summed E-state index contributed by atoms with van der Waals surface area (Å²) in [7, 11) is -4.89. The maximum atomic E-state index is 14.6. The van der Waals surface area contributed by atoms with Crippen LogP contribution < -0.4 is 0 Å². The van der Waals surface area contributed by atoms with Gasteiger partial charge < -0.3 is 28.2 Å². The van der Waals surface area contributed by atoms with E-state index in [0.717, 1.165) is 29.3 Å². The lowest BCUT2D eigenvalue weighted by atomic mass is 9.63. The summed E-state index contributed by atoms with van der Waals surface area (Å²) in [6, 6.07) is 12.7. The van der Waals surface area contributed by atoms with Crippen molar-refractivity contribution in [3.63, 3.8) is 0 Å². The molecular weight excluding hydrogens is 677 g/mol. The first kappa shape index (κ1) is 38.5. The van der Waals surface area contributed by atoms with Crippen LogP contribution in [0.4, 0.5) is 0 Å². The van der Waals surface area contributed by atoms with Gasteiger partial charge in [0.25, 0.3) is 0 Å². The molecule has 3 fully saturated rings. The molecule has 0 radical (unpaired) electrons. The molecule has 3 aliphatic heterocycles. The molecular formula is C41H60O8Si2. The van der Waals surface area contributed by atoms with E-state index >= 15 is 0 Å². The van der Waals surface area contributed by atoms with E-state index in [1.165, 1.54) is 6.08 Å². The molecule has 2 bridgehead atoms. The lowest BCUT2D eigenvalue weighted by Gasteiger charge is -2.48. The Bertz CT molecular complexity index is 1620. The number of hydrogen-bond acceptors (Lipinski definition) is 8. The lowest BCUT2D eigenvalue weighted by Crippen LogP contribution is -2.60. The SMILES string of the molecule is C=C[C@H](O)C1=C(C)C(=O)[C@@]2(C)CC[C@]34C[C@]5(O[Si](CC)(CC)CC)C(=O)OC(C)(C)[C@@H]5CC=C3[C@H](OCc3ccccc3)[C@@](O[Si](C)(C)C)(O4)[C@@H]12. The molecule has 0 saturated carbocycles. The zero-order valence-corrected chi connectivity index (χ0v) is 34.5. The number of carbonyl (C=O) groups is 2. The van der Waals surface area contributed by atoms with Gasteiger partial charge in [-0.05, 0) is 100 Å². The van der Waals surface area contributed by atoms with E-state index in [9.17, 15) is 14.7 Å². The first-order valence-electron chi connectivity index (χ1n) is 19.1. The van der Waals surface area contributed by atoms with Crippen molar-refractivity contribution in [1.82, 2.24) is 0 Å². The first-order valence-corrected chi connectivity index (χ1v) is 25.0. The lowest BCUT2D eigenvalue weighted by molar-refractivity contribution is -0.276. The molecule has 0 amide bonds. The van der Waals surface area contributed by atoms with Gasteiger partial charge in [-0.25, -0.2) is 4.79 Å². The summed E-state index contributed by atoms with van der Waals surface area (Å²) in [6.45, 7) is 24.9. The Morgan fingerprint density at radius 1 is 1.02 bits per heavy atom. The van der Waals surface area contributed by atoms with Gasteiger partial charge in [0.1, 0.15) is 11.7 Å². The largest absolute Gasteiger partial charge is 0.457 e. The summed E-state index contributed by atoms with van der Waals surface area (Å²) >= 11 is 0. The normalized spacial score (nSPS) is 36.5. The van der Waals surface area contributed by atoms with E-state index in [0.29, 0.717) is 30.4 Å². The van der Waals surface area contributed by atoms with Crippen LogP contribution in [-0.2, 0) is 39.3 Å². The van der Waals surface area contributed by atoms with Crippen molar-refractivity contribution < 1.29 is 37.8 Å². The van der Waals surface area contributed by atoms with Gasteiger partial charge in [0.15, 0.2) is 33.8 Å². The molecule has 51 heavy (non-hydrogen) atoms. The second-order valence-electron chi connectivity index (χ2n) is 17.5. The van der Waals surface area contributed by atoms with Crippen LogP contribution in [-0.4, -0.2) is 68.3 Å². The van der Waals surface area contributed by atoms with Crippen LogP contribution in [0.2, 0.25) is 37.8 Å². The van der Waals surface area contributed by atoms with Crippen molar-refractivity contribution in [3.8, 4) is 0 Å². The molecule has 10 heteroatoms. The third-order valence-electron chi connectivity index (χ3n) is 13.0. The topological polar surface area (TPSA) is 101 Å². The van der Waals surface area contributed by atoms with Crippen LogP contribution in [0.25, 0.3) is 0 Å². The highest BCUT2D eigenvalue weighted by Gasteiger charge is 2.77. The number of benzene rings is 1. The van der Waals surface area contributed by atoms with Crippen LogP contribution >= 0.6 is 0 Å². The summed E-state index contributed by atoms with van der Waals surface area (Å²) in [4.78, 5) is 29.2. The molecule has 6 rings (SSSR count). The number of hydrogen-bond donors (Lipinski definition) is 1. The average Bonchev–Trinajstić information content (AvgIpc) is 3.41. The second-order valence-corrected chi connectivity index (χ2v) is 26.6. The Hall–Kier alpha value is -2.19. The van der Waals surface area contributed by atoms with Crippen molar-refractivity contribution >= 4 is 28.4 Å². The molecule has 5 aliphatic rings. The molecule has 1 spiro atoms. The van der Waals surface area contributed by atoms with Gasteiger partial charge in [0.05, 0.1) is 24.2 Å². The standard InChI is InChI=1S/C41H60O8Si2/c1-12-30(42)32-27(5)34(43)38(8)23-24-39-26-40(48-51(13-2,14-3)15-4)31(37(6,7)46-36(40)44)22-21-29(39)35(45-25-28-19-17-16-18-20-28)41(47-39,33(32)38)49-50(9,10)11/h12,16-21,30-31,33,35,42H,1,13-15,22-26H2,2-11H3/t30-,31-,33-,35-,38-,39-,40+,41+/m0/s1. The maximum absolute atomic E-state index is 14.6. The predicted molar refractivity (Wildman–Crippen MR) is 203 cm³/mol. The van der Waals surface area contributed by atoms with E-state index in [1.54, 1.807) is 0 Å². The average molecular weight is 737 g/mol. The summed E-state index contributed by atoms with van der Waals surface area (Å²) in [5, 5.41) is 11.6. The highest BCUT2D eigenvalue weighted by atomic mass is 28.4.